The second kappa shape index (κ2) is 15.8. The summed E-state index contributed by atoms with van der Waals surface area (Å²) in [5.74, 6) is -1.40. The third-order valence-electron chi connectivity index (χ3n) is 10.4. The summed E-state index contributed by atoms with van der Waals surface area (Å²) in [5.41, 5.74) is 6.55. The van der Waals surface area contributed by atoms with Gasteiger partial charge in [0.05, 0.1) is 25.3 Å². The van der Waals surface area contributed by atoms with Crippen LogP contribution in [0.3, 0.4) is 0 Å². The van der Waals surface area contributed by atoms with Gasteiger partial charge in [0.25, 0.3) is 5.91 Å². The van der Waals surface area contributed by atoms with E-state index in [1.54, 1.807) is 18.2 Å². The first-order chi connectivity index (χ1) is 27.1. The van der Waals surface area contributed by atoms with E-state index >= 15 is 0 Å². The van der Waals surface area contributed by atoms with Crippen molar-refractivity contribution in [3.8, 4) is 17.0 Å². The van der Waals surface area contributed by atoms with Gasteiger partial charge in [0.2, 0.25) is 23.6 Å². The molecule has 1 aliphatic carbocycles. The maximum atomic E-state index is 14.6. The zero-order chi connectivity index (χ0) is 38.9. The number of aromatic nitrogens is 1. The Morgan fingerprint density at radius 3 is 2.66 bits per heavy atom. The molecule has 0 radical (unpaired) electrons. The molecule has 5 amide bonds. The number of ether oxygens (including phenoxy) is 2. The van der Waals surface area contributed by atoms with Crippen LogP contribution < -0.4 is 25.6 Å². The van der Waals surface area contributed by atoms with Crippen LogP contribution in [0.15, 0.2) is 54.6 Å². The summed E-state index contributed by atoms with van der Waals surface area (Å²) >= 11 is 1.39. The number of amides is 5. The van der Waals surface area contributed by atoms with E-state index in [-0.39, 0.29) is 61.4 Å². The van der Waals surface area contributed by atoms with Gasteiger partial charge >= 0.3 is 0 Å². The topological polar surface area (TPSA) is 159 Å². The highest BCUT2D eigenvalue weighted by Crippen LogP contribution is 2.39. The highest BCUT2D eigenvalue weighted by atomic mass is 32.1. The number of piperidine rings is 1. The van der Waals surface area contributed by atoms with Crippen molar-refractivity contribution in [2.24, 2.45) is 5.92 Å². The molecule has 4 heterocycles. The number of fused-ring (bicyclic) bond motifs is 2. The van der Waals surface area contributed by atoms with E-state index < -0.39 is 17.8 Å². The Morgan fingerprint density at radius 1 is 0.982 bits per heavy atom. The lowest BCUT2D eigenvalue weighted by Crippen LogP contribution is -2.52. The minimum atomic E-state index is -0.663. The van der Waals surface area contributed by atoms with Gasteiger partial charge < -0.3 is 29.9 Å². The number of carbonyl (C=O) groups excluding carboxylic acids is 5. The summed E-state index contributed by atoms with van der Waals surface area (Å²) in [6.45, 7) is 4.07. The molecule has 8 rings (SSSR count). The van der Waals surface area contributed by atoms with Crippen LogP contribution >= 0.6 is 11.3 Å². The molecule has 0 bridgehead atoms. The Labute approximate surface area is 326 Å². The number of anilines is 3. The Kier molecular flexibility index (Phi) is 10.5. The predicted molar refractivity (Wildman–Crippen MR) is 207 cm³/mol. The number of rotatable bonds is 14. The minimum Gasteiger partial charge on any atom is -0.488 e. The second-order valence-corrected chi connectivity index (χ2v) is 15.6. The van der Waals surface area contributed by atoms with Crippen molar-refractivity contribution in [2.75, 3.05) is 48.4 Å². The van der Waals surface area contributed by atoms with Crippen molar-refractivity contribution >= 4 is 57.4 Å². The van der Waals surface area contributed by atoms with Crippen LogP contribution in [0.1, 0.15) is 57.6 Å². The van der Waals surface area contributed by atoms with Crippen molar-refractivity contribution in [3.63, 3.8) is 0 Å². The smallest absolute Gasteiger partial charge is 0.255 e. The molecule has 1 aromatic heterocycles. The number of imide groups is 1. The van der Waals surface area contributed by atoms with Crippen molar-refractivity contribution in [3.05, 3.63) is 87.5 Å². The van der Waals surface area contributed by atoms with Crippen molar-refractivity contribution < 1.29 is 37.8 Å². The molecule has 2 fully saturated rings. The van der Waals surface area contributed by atoms with Gasteiger partial charge in [-0.1, -0.05) is 12.1 Å². The van der Waals surface area contributed by atoms with Gasteiger partial charge in [0.1, 0.15) is 12.6 Å². The average Bonchev–Trinajstić information content (AvgIpc) is 3.73. The van der Waals surface area contributed by atoms with E-state index in [0.717, 1.165) is 57.9 Å². The summed E-state index contributed by atoms with van der Waals surface area (Å²) < 4.78 is 25.9. The van der Waals surface area contributed by atoms with Gasteiger partial charge in [0.15, 0.2) is 16.7 Å². The fourth-order valence-corrected chi connectivity index (χ4v) is 8.28. The van der Waals surface area contributed by atoms with Crippen LogP contribution in [0.2, 0.25) is 0 Å². The molecule has 3 aromatic carbocycles. The molecule has 1 saturated carbocycles. The SMILES string of the molecule is Cc1sc(NC(=O)Cc2ccc(F)c(OCCOCCNc3ccc4c(c3)CN(C3CCC(=O)NC3=O)C4=O)c2)nc1-c1ccc2c(c1)CCN2C(=O)C1CC1. The van der Waals surface area contributed by atoms with E-state index in [1.165, 1.54) is 28.4 Å². The van der Waals surface area contributed by atoms with Crippen LogP contribution in [0.5, 0.6) is 5.75 Å². The van der Waals surface area contributed by atoms with Gasteiger partial charge in [-0.2, -0.15) is 0 Å². The fraction of sp³-hybridized carbons (Fsp3) is 0.366. The third-order valence-corrected chi connectivity index (χ3v) is 11.3. The molecule has 15 heteroatoms. The van der Waals surface area contributed by atoms with Crippen LogP contribution in [0.25, 0.3) is 11.3 Å². The van der Waals surface area contributed by atoms with Crippen molar-refractivity contribution in [1.82, 2.24) is 15.2 Å². The average molecular weight is 781 g/mol. The van der Waals surface area contributed by atoms with E-state index in [9.17, 15) is 28.4 Å². The molecule has 56 heavy (non-hydrogen) atoms. The number of aryl methyl sites for hydroxylation is 1. The van der Waals surface area contributed by atoms with Gasteiger partial charge in [-0.3, -0.25) is 29.3 Å². The summed E-state index contributed by atoms with van der Waals surface area (Å²) in [4.78, 5) is 71.5. The maximum absolute atomic E-state index is 14.6. The largest absolute Gasteiger partial charge is 0.488 e. The Bertz CT molecular complexity index is 2240. The molecule has 13 nitrogen and oxygen atoms in total. The van der Waals surface area contributed by atoms with Crippen LogP contribution in [0, 0.1) is 18.7 Å². The highest BCUT2D eigenvalue weighted by Gasteiger charge is 2.39. The molecule has 1 saturated heterocycles. The van der Waals surface area contributed by atoms with Crippen LogP contribution in [-0.2, 0) is 43.3 Å². The fourth-order valence-electron chi connectivity index (χ4n) is 7.43. The summed E-state index contributed by atoms with van der Waals surface area (Å²) in [5, 5.41) is 8.92. The number of thiazole rings is 1. The van der Waals surface area contributed by atoms with E-state index in [1.807, 2.05) is 30.0 Å². The zero-order valence-corrected chi connectivity index (χ0v) is 31.6. The monoisotopic (exact) mass is 780 g/mol. The Balaban J connectivity index is 0.769. The molecule has 3 aliphatic heterocycles. The molecule has 1 unspecified atom stereocenters. The molecule has 1 atom stereocenters. The number of carbonyl (C=O) groups is 5. The number of nitrogens with one attached hydrogen (secondary N) is 3. The molecule has 0 spiro atoms. The van der Waals surface area contributed by atoms with Crippen molar-refractivity contribution in [1.29, 1.82) is 0 Å². The normalized spacial score (nSPS) is 17.5. The number of hydrogen-bond donors (Lipinski definition) is 3. The lowest BCUT2D eigenvalue weighted by molar-refractivity contribution is -0.137. The first-order valence-corrected chi connectivity index (χ1v) is 19.7. The van der Waals surface area contributed by atoms with Gasteiger partial charge in [-0.15, -0.1) is 11.3 Å². The summed E-state index contributed by atoms with van der Waals surface area (Å²) in [6.07, 6.45) is 3.28. The van der Waals surface area contributed by atoms with E-state index in [0.29, 0.717) is 48.9 Å². The van der Waals surface area contributed by atoms with Gasteiger partial charge in [-0.25, -0.2) is 9.37 Å². The number of hydrogen-bond acceptors (Lipinski definition) is 10. The standard InChI is InChI=1S/C41H41FN6O7S/c1-23-37(27-5-9-32-26(20-27)12-14-47(32)39(52)25-3-4-25)46-41(56-23)45-36(50)19-24-2-8-31(42)34(18-24)55-17-16-54-15-13-43-29-6-7-30-28(21-29)22-48(40(30)53)33-10-11-35(49)44-38(33)51/h2,5-9,18,20-21,25,33,43H,3-4,10-17,19,22H2,1H3,(H,44,49,51)(H,45,46,50). The quantitative estimate of drug-likeness (QED) is 0.118. The van der Waals surface area contributed by atoms with Gasteiger partial charge in [-0.05, 0) is 91.8 Å². The number of benzene rings is 3. The first kappa shape index (κ1) is 37.3. The second-order valence-electron chi connectivity index (χ2n) is 14.4. The molecule has 4 aliphatic rings. The highest BCUT2D eigenvalue weighted by molar-refractivity contribution is 7.16. The van der Waals surface area contributed by atoms with Crippen molar-refractivity contribution in [2.45, 2.75) is 58.0 Å². The lowest BCUT2D eigenvalue weighted by Gasteiger charge is -2.29. The van der Waals surface area contributed by atoms with E-state index in [2.05, 4.69) is 22.0 Å². The molecule has 3 N–H and O–H groups in total. The zero-order valence-electron chi connectivity index (χ0n) is 30.8. The summed E-state index contributed by atoms with van der Waals surface area (Å²) in [6, 6.07) is 15.1. The van der Waals surface area contributed by atoms with E-state index in [4.69, 9.17) is 14.5 Å². The van der Waals surface area contributed by atoms with Gasteiger partial charge in [0, 0.05) is 59.4 Å². The first-order valence-electron chi connectivity index (χ1n) is 18.8. The number of nitrogens with zero attached hydrogens (tertiary/aromatic N) is 3. The van der Waals surface area contributed by atoms with Crippen LogP contribution in [-0.4, -0.2) is 78.4 Å². The molecule has 290 valence electrons. The summed E-state index contributed by atoms with van der Waals surface area (Å²) in [7, 11) is 0. The minimum absolute atomic E-state index is 0.00226. The lowest BCUT2D eigenvalue weighted by atomic mass is 10.0. The molecular formula is C41H41FN6O7S. The maximum Gasteiger partial charge on any atom is 0.255 e. The Hall–Kier alpha value is -5.67. The van der Waals surface area contributed by atoms with Crippen LogP contribution in [0.4, 0.5) is 20.9 Å². The molecule has 4 aromatic rings. The Morgan fingerprint density at radius 2 is 1.84 bits per heavy atom. The molecular weight excluding hydrogens is 740 g/mol. The predicted octanol–water partition coefficient (Wildman–Crippen LogP) is 5.01. The third kappa shape index (κ3) is 8.00. The number of halogens is 1.